The maximum absolute atomic E-state index is 11.7. The fourth-order valence-corrected chi connectivity index (χ4v) is 1.99. The minimum atomic E-state index is -0.655. The number of carbonyl (C=O) groups is 1. The molecule has 3 heteroatoms. The molecule has 1 atom stereocenters. The normalized spacial score (nSPS) is 17.2. The summed E-state index contributed by atoms with van der Waals surface area (Å²) in [5, 5.41) is 0. The zero-order chi connectivity index (χ0) is 12.1. The average molecular weight is 233 g/mol. The summed E-state index contributed by atoms with van der Waals surface area (Å²) in [4.78, 5) is 11.7. The highest BCUT2D eigenvalue weighted by Gasteiger charge is 2.20. The number of esters is 1. The molecule has 1 fully saturated rings. The summed E-state index contributed by atoms with van der Waals surface area (Å²) < 4.78 is 5.20. The number of carbonyl (C=O) groups excluding carboxylic acids is 1. The molecule has 3 nitrogen and oxygen atoms in total. The highest BCUT2D eigenvalue weighted by atomic mass is 16.5. The standard InChI is InChI=1S/C14H19NO2/c15-13(12-7-2-1-3-8-12)14(16)17-10-9-11-5-4-6-11/h1-3,7-8,11,13H,4-6,9-10,15H2/t13-/m0/s1. The van der Waals surface area contributed by atoms with Gasteiger partial charge < -0.3 is 10.5 Å². The number of hydrogen-bond donors (Lipinski definition) is 1. The predicted molar refractivity (Wildman–Crippen MR) is 66.3 cm³/mol. The third-order valence-electron chi connectivity index (χ3n) is 3.41. The topological polar surface area (TPSA) is 52.3 Å². The Labute approximate surface area is 102 Å². The van der Waals surface area contributed by atoms with Gasteiger partial charge in [0.25, 0.3) is 0 Å². The molecule has 0 saturated heterocycles. The van der Waals surface area contributed by atoms with E-state index in [0.717, 1.165) is 17.9 Å². The molecule has 2 rings (SSSR count). The molecular formula is C14H19NO2. The van der Waals surface area contributed by atoms with Crippen LogP contribution in [0.15, 0.2) is 30.3 Å². The van der Waals surface area contributed by atoms with Crippen LogP contribution in [0.5, 0.6) is 0 Å². The van der Waals surface area contributed by atoms with Crippen LogP contribution in [0, 0.1) is 5.92 Å². The molecule has 0 radical (unpaired) electrons. The lowest BCUT2D eigenvalue weighted by molar-refractivity contribution is -0.145. The molecule has 0 bridgehead atoms. The van der Waals surface area contributed by atoms with Crippen molar-refractivity contribution in [1.82, 2.24) is 0 Å². The zero-order valence-corrected chi connectivity index (χ0v) is 9.97. The summed E-state index contributed by atoms with van der Waals surface area (Å²) in [5.41, 5.74) is 6.63. The van der Waals surface area contributed by atoms with Gasteiger partial charge in [0.1, 0.15) is 6.04 Å². The van der Waals surface area contributed by atoms with Gasteiger partial charge in [-0.25, -0.2) is 4.79 Å². The molecule has 0 heterocycles. The van der Waals surface area contributed by atoms with E-state index >= 15 is 0 Å². The van der Waals surface area contributed by atoms with E-state index in [-0.39, 0.29) is 5.97 Å². The summed E-state index contributed by atoms with van der Waals surface area (Å²) in [7, 11) is 0. The molecule has 17 heavy (non-hydrogen) atoms. The smallest absolute Gasteiger partial charge is 0.327 e. The second-order valence-corrected chi connectivity index (χ2v) is 4.64. The van der Waals surface area contributed by atoms with E-state index in [0.29, 0.717) is 6.61 Å². The Morgan fingerprint density at radius 2 is 2.06 bits per heavy atom. The van der Waals surface area contributed by atoms with Crippen LogP contribution >= 0.6 is 0 Å². The molecule has 1 aromatic rings. The predicted octanol–water partition coefficient (Wildman–Crippen LogP) is 2.42. The lowest BCUT2D eigenvalue weighted by Gasteiger charge is -2.25. The Bertz CT molecular complexity index is 360. The fraction of sp³-hybridized carbons (Fsp3) is 0.500. The average Bonchev–Trinajstić information content (AvgIpc) is 2.32. The number of hydrogen-bond acceptors (Lipinski definition) is 3. The molecule has 0 amide bonds. The summed E-state index contributed by atoms with van der Waals surface area (Å²) in [5.74, 6) is 0.436. The van der Waals surface area contributed by atoms with Crippen molar-refractivity contribution >= 4 is 5.97 Å². The van der Waals surface area contributed by atoms with E-state index in [9.17, 15) is 4.79 Å². The summed E-state index contributed by atoms with van der Waals surface area (Å²) in [6.45, 7) is 0.504. The number of nitrogens with two attached hydrogens (primary N) is 1. The van der Waals surface area contributed by atoms with E-state index in [1.165, 1.54) is 19.3 Å². The van der Waals surface area contributed by atoms with Crippen molar-refractivity contribution in [2.75, 3.05) is 6.61 Å². The SMILES string of the molecule is N[C@H](C(=O)OCCC1CCC1)c1ccccc1. The summed E-state index contributed by atoms with van der Waals surface area (Å²) in [6, 6.07) is 8.68. The molecule has 1 saturated carbocycles. The third-order valence-corrected chi connectivity index (χ3v) is 3.41. The molecule has 0 aromatic heterocycles. The summed E-state index contributed by atoms with van der Waals surface area (Å²) in [6.07, 6.45) is 4.86. The quantitative estimate of drug-likeness (QED) is 0.795. The van der Waals surface area contributed by atoms with Crippen molar-refractivity contribution in [3.05, 3.63) is 35.9 Å². The first-order valence-corrected chi connectivity index (χ1v) is 6.24. The van der Waals surface area contributed by atoms with Crippen molar-refractivity contribution in [3.8, 4) is 0 Å². The van der Waals surface area contributed by atoms with Gasteiger partial charge in [-0.3, -0.25) is 0 Å². The zero-order valence-electron chi connectivity index (χ0n) is 9.97. The third kappa shape index (κ3) is 3.30. The lowest BCUT2D eigenvalue weighted by atomic mass is 9.83. The molecule has 0 spiro atoms. The van der Waals surface area contributed by atoms with Crippen LogP contribution < -0.4 is 5.73 Å². The van der Waals surface area contributed by atoms with Gasteiger partial charge in [-0.2, -0.15) is 0 Å². The molecule has 92 valence electrons. The van der Waals surface area contributed by atoms with Gasteiger partial charge in [-0.15, -0.1) is 0 Å². The highest BCUT2D eigenvalue weighted by molar-refractivity contribution is 5.77. The van der Waals surface area contributed by atoms with Crippen LogP contribution in [0.25, 0.3) is 0 Å². The van der Waals surface area contributed by atoms with E-state index in [1.54, 1.807) is 0 Å². The van der Waals surface area contributed by atoms with E-state index in [4.69, 9.17) is 10.5 Å². The Morgan fingerprint density at radius 3 is 2.65 bits per heavy atom. The van der Waals surface area contributed by atoms with Crippen LogP contribution in [0.3, 0.4) is 0 Å². The fourth-order valence-electron chi connectivity index (χ4n) is 1.99. The minimum Gasteiger partial charge on any atom is -0.464 e. The Kier molecular flexibility index (Phi) is 4.15. The van der Waals surface area contributed by atoms with Crippen LogP contribution in [0.2, 0.25) is 0 Å². The van der Waals surface area contributed by atoms with Gasteiger partial charge >= 0.3 is 5.97 Å². The van der Waals surface area contributed by atoms with Crippen LogP contribution in [0.1, 0.15) is 37.3 Å². The van der Waals surface area contributed by atoms with Gasteiger partial charge in [-0.05, 0) is 17.9 Å². The highest BCUT2D eigenvalue weighted by Crippen LogP contribution is 2.29. The summed E-state index contributed by atoms with van der Waals surface area (Å²) >= 11 is 0. The Balaban J connectivity index is 1.75. The molecule has 0 aliphatic heterocycles. The largest absolute Gasteiger partial charge is 0.464 e. The number of benzene rings is 1. The monoisotopic (exact) mass is 233 g/mol. The minimum absolute atomic E-state index is 0.324. The van der Waals surface area contributed by atoms with Crippen molar-refractivity contribution < 1.29 is 9.53 Å². The van der Waals surface area contributed by atoms with Crippen LogP contribution in [-0.2, 0) is 9.53 Å². The van der Waals surface area contributed by atoms with Gasteiger partial charge in [0.2, 0.25) is 0 Å². The van der Waals surface area contributed by atoms with E-state index in [2.05, 4.69) is 0 Å². The second-order valence-electron chi connectivity index (χ2n) is 4.64. The Hall–Kier alpha value is -1.35. The number of ether oxygens (including phenoxy) is 1. The van der Waals surface area contributed by atoms with Gasteiger partial charge in [0, 0.05) is 0 Å². The Morgan fingerprint density at radius 1 is 1.35 bits per heavy atom. The van der Waals surface area contributed by atoms with Crippen molar-refractivity contribution in [2.24, 2.45) is 11.7 Å². The number of rotatable bonds is 5. The molecule has 1 aliphatic carbocycles. The lowest BCUT2D eigenvalue weighted by Crippen LogP contribution is -2.25. The second kappa shape index (κ2) is 5.82. The first-order chi connectivity index (χ1) is 8.27. The van der Waals surface area contributed by atoms with Gasteiger partial charge in [-0.1, -0.05) is 49.6 Å². The van der Waals surface area contributed by atoms with E-state index in [1.807, 2.05) is 30.3 Å². The molecule has 1 aromatic carbocycles. The van der Waals surface area contributed by atoms with Gasteiger partial charge in [0.05, 0.1) is 6.61 Å². The molecule has 2 N–H and O–H groups in total. The molecule has 1 aliphatic rings. The first-order valence-electron chi connectivity index (χ1n) is 6.24. The maximum Gasteiger partial charge on any atom is 0.327 e. The van der Waals surface area contributed by atoms with Crippen molar-refractivity contribution in [2.45, 2.75) is 31.7 Å². The molecular weight excluding hydrogens is 214 g/mol. The van der Waals surface area contributed by atoms with Crippen molar-refractivity contribution in [1.29, 1.82) is 0 Å². The first kappa shape index (κ1) is 12.1. The van der Waals surface area contributed by atoms with Gasteiger partial charge in [0.15, 0.2) is 0 Å². The molecule has 0 unspecified atom stereocenters. The van der Waals surface area contributed by atoms with E-state index < -0.39 is 6.04 Å². The van der Waals surface area contributed by atoms with Crippen molar-refractivity contribution in [3.63, 3.8) is 0 Å². The van der Waals surface area contributed by atoms with Crippen LogP contribution in [-0.4, -0.2) is 12.6 Å². The maximum atomic E-state index is 11.7. The van der Waals surface area contributed by atoms with Crippen LogP contribution in [0.4, 0.5) is 0 Å².